The minimum atomic E-state index is -2.05. The van der Waals surface area contributed by atoms with Crippen LogP contribution in [0.1, 0.15) is 0 Å². The summed E-state index contributed by atoms with van der Waals surface area (Å²) in [5.41, 5.74) is 11.8. The Kier molecular flexibility index (Phi) is 8.95. The lowest BCUT2D eigenvalue weighted by Crippen LogP contribution is -2.05. The van der Waals surface area contributed by atoms with E-state index in [4.69, 9.17) is 0 Å². The molecule has 0 fully saturated rings. The predicted molar refractivity (Wildman–Crippen MR) is 266 cm³/mol. The molecular weight excluding hydrogens is 781 g/mol. The molecule has 0 amide bonds. The summed E-state index contributed by atoms with van der Waals surface area (Å²) in [5, 5.41) is 4.98. The van der Waals surface area contributed by atoms with E-state index in [1.165, 1.54) is 79.9 Å². The molecule has 0 saturated heterocycles. The van der Waals surface area contributed by atoms with Gasteiger partial charge in [-0.15, -0.1) is 10.0 Å². The van der Waals surface area contributed by atoms with Crippen LogP contribution >= 0.6 is 10.0 Å². The summed E-state index contributed by atoms with van der Waals surface area (Å²) in [6.45, 7) is 0. The van der Waals surface area contributed by atoms with Crippen molar-refractivity contribution in [1.29, 1.82) is 0 Å². The second-order valence-electron chi connectivity index (χ2n) is 16.0. The first-order chi connectivity index (χ1) is 31.3. The number of para-hydroxylation sites is 2. The number of fused-ring (bicyclic) bond motifs is 6. The van der Waals surface area contributed by atoms with Gasteiger partial charge >= 0.3 is 0 Å². The van der Waals surface area contributed by atoms with Gasteiger partial charge in [-0.25, -0.2) is 0 Å². The lowest BCUT2D eigenvalue weighted by atomic mass is 9.99. The molecule has 0 atom stereocenters. The predicted octanol–water partition coefficient (Wildman–Crippen LogP) is 16.6. The summed E-state index contributed by atoms with van der Waals surface area (Å²) in [6.07, 6.45) is 0. The van der Waals surface area contributed by atoms with Crippen LogP contribution in [-0.4, -0.2) is 9.13 Å². The Morgan fingerprint density at radius 3 is 1.38 bits per heavy atom. The van der Waals surface area contributed by atoms with Gasteiger partial charge in [0, 0.05) is 52.4 Å². The van der Waals surface area contributed by atoms with Crippen LogP contribution < -0.4 is 0 Å². The maximum atomic E-state index is 2.52. The average molecular weight is 823 g/mol. The van der Waals surface area contributed by atoms with E-state index in [1.807, 2.05) is 0 Å². The highest BCUT2D eigenvalue weighted by atomic mass is 32.3. The van der Waals surface area contributed by atoms with Crippen LogP contribution in [0.2, 0.25) is 0 Å². The molecule has 0 N–H and O–H groups in total. The summed E-state index contributed by atoms with van der Waals surface area (Å²) in [6, 6.07) is 94.0. The molecule has 0 aliphatic rings. The van der Waals surface area contributed by atoms with Crippen molar-refractivity contribution in [3.63, 3.8) is 0 Å². The molecular formula is C60H42N2S. The normalized spacial score (nSPS) is 12.1. The van der Waals surface area contributed by atoms with Gasteiger partial charge in [0.25, 0.3) is 0 Å². The maximum absolute atomic E-state index is 2.52. The molecule has 63 heavy (non-hydrogen) atoms. The zero-order valence-corrected chi connectivity index (χ0v) is 35.4. The molecule has 0 unspecified atom stereocenters. The molecule has 0 aliphatic carbocycles. The monoisotopic (exact) mass is 822 g/mol. The van der Waals surface area contributed by atoms with Crippen LogP contribution in [0.3, 0.4) is 0 Å². The highest BCUT2D eigenvalue weighted by molar-refractivity contribution is 8.34. The third-order valence-corrected chi connectivity index (χ3v) is 16.6. The number of benzene rings is 10. The van der Waals surface area contributed by atoms with Crippen molar-refractivity contribution in [2.75, 3.05) is 0 Å². The van der Waals surface area contributed by atoms with Crippen LogP contribution in [0.5, 0.6) is 0 Å². The molecule has 0 spiro atoms. The molecule has 2 aromatic heterocycles. The van der Waals surface area contributed by atoms with Crippen molar-refractivity contribution < 1.29 is 0 Å². The van der Waals surface area contributed by atoms with Crippen molar-refractivity contribution in [1.82, 2.24) is 9.13 Å². The van der Waals surface area contributed by atoms with Crippen LogP contribution in [-0.2, 0) is 0 Å². The number of hydrogen-bond acceptors (Lipinski definition) is 0. The Balaban J connectivity index is 1.24. The van der Waals surface area contributed by atoms with Crippen molar-refractivity contribution >= 4 is 53.6 Å². The van der Waals surface area contributed by atoms with Gasteiger partial charge in [0.05, 0.1) is 27.8 Å². The molecule has 0 radical (unpaired) electrons. The number of aromatic nitrogens is 2. The van der Waals surface area contributed by atoms with E-state index in [1.54, 1.807) is 0 Å². The summed E-state index contributed by atoms with van der Waals surface area (Å²) >= 11 is 0. The molecule has 3 heteroatoms. The van der Waals surface area contributed by atoms with Crippen LogP contribution in [0, 0.1) is 0 Å². The molecule has 0 aliphatic heterocycles. The molecule has 0 saturated carbocycles. The average Bonchev–Trinajstić information content (AvgIpc) is 3.89. The number of nitrogens with zero attached hydrogens (tertiary/aromatic N) is 2. The summed E-state index contributed by atoms with van der Waals surface area (Å²) in [4.78, 5) is 5.21. The standard InChI is InChI=1S/C60H42N2S/c1-6-22-43(23-7-1)49-32-16-18-35-53(49)62-55-41-40-45(61-54-36-19-17-33-51(54)59-50(34-20-37-56(59)61)44-24-8-2-9-25-44)42-52(55)60-57(62)38-21-39-58(60)63(46-26-10-3-11-27-46,47-28-12-4-13-29-47)48-30-14-5-15-31-48/h1-42H. The zero-order valence-electron chi connectivity index (χ0n) is 34.6. The first kappa shape index (κ1) is 37.0. The van der Waals surface area contributed by atoms with Crippen molar-refractivity contribution in [3.8, 4) is 33.6 Å². The van der Waals surface area contributed by atoms with Gasteiger partial charge < -0.3 is 9.13 Å². The van der Waals surface area contributed by atoms with Gasteiger partial charge in [-0.3, -0.25) is 0 Å². The molecule has 12 rings (SSSR count). The highest BCUT2D eigenvalue weighted by Gasteiger charge is 2.36. The quantitative estimate of drug-likeness (QED) is 0.144. The van der Waals surface area contributed by atoms with Crippen LogP contribution in [0.4, 0.5) is 0 Å². The second-order valence-corrected chi connectivity index (χ2v) is 19.1. The second kappa shape index (κ2) is 15.3. The van der Waals surface area contributed by atoms with Gasteiger partial charge in [0.15, 0.2) is 0 Å². The van der Waals surface area contributed by atoms with Gasteiger partial charge in [0.1, 0.15) is 0 Å². The van der Waals surface area contributed by atoms with Gasteiger partial charge in [-0.1, -0.05) is 170 Å². The van der Waals surface area contributed by atoms with E-state index >= 15 is 0 Å². The first-order valence-corrected chi connectivity index (χ1v) is 23.2. The maximum Gasteiger partial charge on any atom is 0.0552 e. The number of hydrogen-bond donors (Lipinski definition) is 0. The Labute approximate surface area is 368 Å². The first-order valence-electron chi connectivity index (χ1n) is 21.6. The summed E-state index contributed by atoms with van der Waals surface area (Å²) < 4.78 is 5.00. The highest BCUT2D eigenvalue weighted by Crippen LogP contribution is 2.75. The minimum Gasteiger partial charge on any atom is -0.309 e. The fourth-order valence-corrected chi connectivity index (χ4v) is 14.1. The lowest BCUT2D eigenvalue weighted by Gasteiger charge is -2.42. The van der Waals surface area contributed by atoms with Crippen molar-refractivity contribution in [3.05, 3.63) is 255 Å². The van der Waals surface area contributed by atoms with E-state index in [0.717, 1.165) is 16.9 Å². The third kappa shape index (κ3) is 5.81. The summed E-state index contributed by atoms with van der Waals surface area (Å²) in [7, 11) is -2.05. The fourth-order valence-electron chi connectivity index (χ4n) is 10.0. The van der Waals surface area contributed by atoms with Gasteiger partial charge in [-0.05, 0) is 102 Å². The van der Waals surface area contributed by atoms with E-state index in [2.05, 4.69) is 264 Å². The molecule has 2 nitrogen and oxygen atoms in total. The zero-order chi connectivity index (χ0) is 41.7. The Morgan fingerprint density at radius 2 is 0.746 bits per heavy atom. The Morgan fingerprint density at radius 1 is 0.286 bits per heavy atom. The lowest BCUT2D eigenvalue weighted by molar-refractivity contribution is 1.16. The number of rotatable bonds is 8. The van der Waals surface area contributed by atoms with Crippen LogP contribution in [0.25, 0.3) is 77.2 Å². The smallest absolute Gasteiger partial charge is 0.0552 e. The topological polar surface area (TPSA) is 9.86 Å². The minimum absolute atomic E-state index is 1.13. The summed E-state index contributed by atoms with van der Waals surface area (Å²) in [5.74, 6) is 0. The Hall–Kier alpha value is -7.85. The molecule has 12 aromatic rings. The van der Waals surface area contributed by atoms with E-state index in [9.17, 15) is 0 Å². The molecule has 298 valence electrons. The van der Waals surface area contributed by atoms with E-state index in [0.29, 0.717) is 0 Å². The molecule has 10 aromatic carbocycles. The van der Waals surface area contributed by atoms with Gasteiger partial charge in [-0.2, -0.15) is 0 Å². The van der Waals surface area contributed by atoms with Gasteiger partial charge in [0.2, 0.25) is 0 Å². The van der Waals surface area contributed by atoms with Crippen molar-refractivity contribution in [2.24, 2.45) is 0 Å². The molecule has 2 heterocycles. The van der Waals surface area contributed by atoms with Crippen LogP contribution in [0.15, 0.2) is 274 Å². The Bertz CT molecular complexity index is 3500. The van der Waals surface area contributed by atoms with E-state index in [-0.39, 0.29) is 0 Å². The van der Waals surface area contributed by atoms with Crippen molar-refractivity contribution in [2.45, 2.75) is 19.6 Å². The van der Waals surface area contributed by atoms with E-state index < -0.39 is 10.0 Å². The fraction of sp³-hybridized carbons (Fsp3) is 0. The third-order valence-electron chi connectivity index (χ3n) is 12.6. The SMILES string of the molecule is c1ccc(-c2ccccc2-n2c3ccc(-n4c5ccccc5c5c(-c6ccccc6)cccc54)cc3c3c(S(c4ccccc4)(c4ccccc4)c4ccccc4)cccc32)cc1. The largest absolute Gasteiger partial charge is 0.309 e. The molecule has 0 bridgehead atoms.